The fraction of sp³-hybridized carbons (Fsp3) is 0.571. The summed E-state index contributed by atoms with van der Waals surface area (Å²) in [7, 11) is 0. The number of unbranched alkanes of at least 4 members (excludes halogenated alkanes) is 1. The van der Waals surface area contributed by atoms with Crippen molar-refractivity contribution in [2.24, 2.45) is 0 Å². The van der Waals surface area contributed by atoms with Crippen molar-refractivity contribution < 1.29 is 19.1 Å². The van der Waals surface area contributed by atoms with E-state index < -0.39 is 5.97 Å². The second-order valence-corrected chi connectivity index (χ2v) is 4.91. The lowest BCUT2D eigenvalue weighted by molar-refractivity contribution is -0.137. The number of hydrogen-bond donors (Lipinski definition) is 2. The van der Waals surface area contributed by atoms with Crippen molar-refractivity contribution in [1.82, 2.24) is 5.32 Å². The molecule has 1 aromatic rings. The van der Waals surface area contributed by atoms with Crippen molar-refractivity contribution in [3.05, 3.63) is 23.7 Å². The quantitative estimate of drug-likeness (QED) is 0.774. The van der Waals surface area contributed by atoms with Gasteiger partial charge in [-0.25, -0.2) is 0 Å². The van der Waals surface area contributed by atoms with Crippen LogP contribution in [0.15, 0.2) is 16.7 Å². The van der Waals surface area contributed by atoms with Crippen LogP contribution < -0.4 is 5.32 Å². The van der Waals surface area contributed by atoms with Gasteiger partial charge in [-0.3, -0.25) is 9.59 Å². The summed E-state index contributed by atoms with van der Waals surface area (Å²) in [6, 6.07) is 1.97. The first-order valence-electron chi connectivity index (χ1n) is 6.74. The van der Waals surface area contributed by atoms with Crippen molar-refractivity contribution in [3.8, 4) is 0 Å². The molecule has 0 fully saturated rings. The predicted molar refractivity (Wildman–Crippen MR) is 68.6 cm³/mol. The van der Waals surface area contributed by atoms with E-state index in [9.17, 15) is 9.59 Å². The molecule has 5 nitrogen and oxygen atoms in total. The van der Waals surface area contributed by atoms with Crippen LogP contribution in [0.4, 0.5) is 0 Å². The first-order chi connectivity index (χ1) is 9.16. The van der Waals surface area contributed by atoms with Crippen LogP contribution in [0.3, 0.4) is 0 Å². The number of rotatable bonds is 6. The topological polar surface area (TPSA) is 79.5 Å². The predicted octanol–water partition coefficient (Wildman–Crippen LogP) is 2.42. The van der Waals surface area contributed by atoms with E-state index in [-0.39, 0.29) is 18.4 Å². The van der Waals surface area contributed by atoms with Crippen molar-refractivity contribution in [2.75, 3.05) is 0 Å². The Morgan fingerprint density at radius 2 is 2.16 bits per heavy atom. The van der Waals surface area contributed by atoms with Crippen LogP contribution in [0.5, 0.6) is 0 Å². The minimum atomic E-state index is -0.810. The second-order valence-electron chi connectivity index (χ2n) is 4.91. The number of aliphatic carboxylic acids is 1. The van der Waals surface area contributed by atoms with Crippen LogP contribution >= 0.6 is 0 Å². The molecule has 1 aliphatic carbocycles. The van der Waals surface area contributed by atoms with E-state index in [1.54, 1.807) is 6.26 Å². The number of furan rings is 1. The second kappa shape index (κ2) is 6.41. The summed E-state index contributed by atoms with van der Waals surface area (Å²) in [6.07, 6.45) is 6.24. The molecule has 1 atom stereocenters. The van der Waals surface area contributed by atoms with Gasteiger partial charge in [0.05, 0.1) is 12.3 Å². The molecule has 1 aliphatic rings. The van der Waals surface area contributed by atoms with Crippen LogP contribution in [0.25, 0.3) is 0 Å². The lowest BCUT2D eigenvalue weighted by Crippen LogP contribution is -2.30. The van der Waals surface area contributed by atoms with Gasteiger partial charge in [0.2, 0.25) is 5.91 Å². The van der Waals surface area contributed by atoms with E-state index >= 15 is 0 Å². The molecule has 2 rings (SSSR count). The highest BCUT2D eigenvalue weighted by atomic mass is 16.4. The summed E-state index contributed by atoms with van der Waals surface area (Å²) in [6.45, 7) is 0. The Morgan fingerprint density at radius 1 is 1.37 bits per heavy atom. The number of hydrogen-bond acceptors (Lipinski definition) is 3. The number of carboxylic acids is 1. The third-order valence-corrected chi connectivity index (χ3v) is 3.43. The fourth-order valence-corrected chi connectivity index (χ4v) is 2.46. The summed E-state index contributed by atoms with van der Waals surface area (Å²) in [5.41, 5.74) is 1.09. The van der Waals surface area contributed by atoms with Crippen LogP contribution in [0.1, 0.15) is 55.9 Å². The lowest BCUT2D eigenvalue weighted by Gasteiger charge is -2.22. The van der Waals surface area contributed by atoms with Gasteiger partial charge in [-0.1, -0.05) is 0 Å². The first kappa shape index (κ1) is 13.6. The number of fused-ring (bicyclic) bond motifs is 1. The van der Waals surface area contributed by atoms with E-state index in [0.717, 1.165) is 30.6 Å². The molecular weight excluding hydrogens is 246 g/mol. The van der Waals surface area contributed by atoms with E-state index in [2.05, 4.69) is 5.32 Å². The Morgan fingerprint density at radius 3 is 2.95 bits per heavy atom. The Hall–Kier alpha value is -1.78. The molecule has 5 heteroatoms. The Kier molecular flexibility index (Phi) is 4.60. The molecular formula is C14H19NO4. The van der Waals surface area contributed by atoms with E-state index in [1.807, 2.05) is 6.07 Å². The number of amides is 1. The molecule has 1 unspecified atom stereocenters. The Balaban J connectivity index is 1.76. The molecule has 0 radical (unpaired) electrons. The summed E-state index contributed by atoms with van der Waals surface area (Å²) in [5, 5.41) is 11.5. The molecule has 0 saturated heterocycles. The molecule has 0 saturated carbocycles. The van der Waals surface area contributed by atoms with Crippen molar-refractivity contribution in [3.63, 3.8) is 0 Å². The highest BCUT2D eigenvalue weighted by molar-refractivity contribution is 5.76. The van der Waals surface area contributed by atoms with Crippen LogP contribution in [-0.2, 0) is 16.0 Å². The van der Waals surface area contributed by atoms with Crippen molar-refractivity contribution in [2.45, 2.75) is 51.0 Å². The van der Waals surface area contributed by atoms with Gasteiger partial charge in [0.15, 0.2) is 0 Å². The molecule has 1 amide bonds. The Labute approximate surface area is 112 Å². The zero-order valence-corrected chi connectivity index (χ0v) is 10.9. The van der Waals surface area contributed by atoms with Crippen LogP contribution in [0, 0.1) is 0 Å². The van der Waals surface area contributed by atoms with E-state index in [0.29, 0.717) is 19.3 Å². The summed E-state index contributed by atoms with van der Waals surface area (Å²) in [4.78, 5) is 22.2. The minimum Gasteiger partial charge on any atom is -0.481 e. The standard InChI is InChI=1S/C14H19NO4/c16-13(6-1-2-7-14(17)18)15-11-4-3-5-12-10(11)8-9-19-12/h8-9,11H,1-7H2,(H,15,16)(H,17,18). The summed E-state index contributed by atoms with van der Waals surface area (Å²) in [5.74, 6) is 0.155. The van der Waals surface area contributed by atoms with Gasteiger partial charge < -0.3 is 14.8 Å². The number of nitrogens with one attached hydrogen (secondary N) is 1. The first-order valence-corrected chi connectivity index (χ1v) is 6.74. The largest absolute Gasteiger partial charge is 0.481 e. The van der Waals surface area contributed by atoms with Gasteiger partial charge >= 0.3 is 5.97 Å². The maximum absolute atomic E-state index is 11.8. The molecule has 0 aromatic carbocycles. The lowest BCUT2D eigenvalue weighted by atomic mass is 9.93. The molecule has 0 spiro atoms. The number of carboxylic acid groups (broad SMARTS) is 1. The smallest absolute Gasteiger partial charge is 0.303 e. The average molecular weight is 265 g/mol. The van der Waals surface area contributed by atoms with Gasteiger partial charge in [0.25, 0.3) is 0 Å². The monoisotopic (exact) mass is 265 g/mol. The third kappa shape index (κ3) is 3.84. The highest BCUT2D eigenvalue weighted by Gasteiger charge is 2.23. The van der Waals surface area contributed by atoms with E-state index in [1.165, 1.54) is 0 Å². The number of carbonyl (C=O) groups excluding carboxylic acids is 1. The maximum atomic E-state index is 11.8. The average Bonchev–Trinajstić information content (AvgIpc) is 2.84. The Bertz CT molecular complexity index is 452. The SMILES string of the molecule is O=C(O)CCCCC(=O)NC1CCCc2occc21. The number of carbonyl (C=O) groups is 2. The molecule has 0 aliphatic heterocycles. The van der Waals surface area contributed by atoms with Crippen LogP contribution in [-0.4, -0.2) is 17.0 Å². The van der Waals surface area contributed by atoms with Crippen molar-refractivity contribution in [1.29, 1.82) is 0 Å². The summed E-state index contributed by atoms with van der Waals surface area (Å²) < 4.78 is 5.38. The molecule has 19 heavy (non-hydrogen) atoms. The zero-order chi connectivity index (χ0) is 13.7. The third-order valence-electron chi connectivity index (χ3n) is 3.43. The minimum absolute atomic E-state index is 0.00978. The van der Waals surface area contributed by atoms with Gasteiger partial charge in [-0.2, -0.15) is 0 Å². The molecule has 1 aromatic heterocycles. The molecule has 104 valence electrons. The van der Waals surface area contributed by atoms with Gasteiger partial charge in [-0.05, 0) is 31.7 Å². The van der Waals surface area contributed by atoms with Gasteiger partial charge in [0, 0.05) is 24.8 Å². The van der Waals surface area contributed by atoms with Gasteiger partial charge in [0.1, 0.15) is 5.76 Å². The van der Waals surface area contributed by atoms with Crippen LogP contribution in [0.2, 0.25) is 0 Å². The number of aryl methyl sites for hydroxylation is 1. The van der Waals surface area contributed by atoms with Gasteiger partial charge in [-0.15, -0.1) is 0 Å². The molecule has 1 heterocycles. The normalized spacial score (nSPS) is 17.8. The van der Waals surface area contributed by atoms with E-state index in [4.69, 9.17) is 9.52 Å². The highest BCUT2D eigenvalue weighted by Crippen LogP contribution is 2.30. The molecule has 0 bridgehead atoms. The molecule has 2 N–H and O–H groups in total. The van der Waals surface area contributed by atoms with Crippen molar-refractivity contribution >= 4 is 11.9 Å². The summed E-state index contributed by atoms with van der Waals surface area (Å²) >= 11 is 0. The fourth-order valence-electron chi connectivity index (χ4n) is 2.46. The maximum Gasteiger partial charge on any atom is 0.303 e. The zero-order valence-electron chi connectivity index (χ0n) is 10.9.